The van der Waals surface area contributed by atoms with Crippen molar-refractivity contribution >= 4 is 0 Å². The molecule has 0 atom stereocenters. The predicted octanol–water partition coefficient (Wildman–Crippen LogP) is 2.07. The van der Waals surface area contributed by atoms with Crippen LogP contribution >= 0.6 is 0 Å². The monoisotopic (exact) mass is 512 g/mol. The van der Waals surface area contributed by atoms with Crippen LogP contribution in [0.25, 0.3) is 0 Å². The molecule has 0 radical (unpaired) electrons. The van der Waals surface area contributed by atoms with Crippen molar-refractivity contribution in [1.29, 1.82) is 0 Å². The van der Waals surface area contributed by atoms with Crippen LogP contribution in [0.1, 0.15) is 20.8 Å². The number of hydrogen-bond donors (Lipinski definition) is 0. The van der Waals surface area contributed by atoms with Crippen molar-refractivity contribution in [3.05, 3.63) is 0 Å². The van der Waals surface area contributed by atoms with E-state index in [1.165, 1.54) is 0 Å². The van der Waals surface area contributed by atoms with Gasteiger partial charge < -0.3 is 47.4 Å². The van der Waals surface area contributed by atoms with E-state index in [1.54, 1.807) is 28.4 Å². The van der Waals surface area contributed by atoms with Crippen LogP contribution in [0.3, 0.4) is 0 Å². The fourth-order valence-corrected chi connectivity index (χ4v) is 2.77. The van der Waals surface area contributed by atoms with Crippen molar-refractivity contribution in [2.75, 3.05) is 121 Å². The Bertz CT molecular complexity index is 377. The fourth-order valence-electron chi connectivity index (χ4n) is 2.77. The van der Waals surface area contributed by atoms with Crippen molar-refractivity contribution in [1.82, 2.24) is 0 Å². The molecule has 0 N–H and O–H groups in total. The molecule has 212 valence electrons. The lowest BCUT2D eigenvalue weighted by Gasteiger charge is -2.33. The van der Waals surface area contributed by atoms with E-state index in [9.17, 15) is 0 Å². The van der Waals surface area contributed by atoms with E-state index in [4.69, 9.17) is 47.4 Å². The second-order valence-corrected chi connectivity index (χ2v) is 9.24. The SMILES string of the molecule is COCCOCC(COCCOC)OCC(COC(COCCOC)COCCOC)C(C)(C)C. The van der Waals surface area contributed by atoms with E-state index >= 15 is 0 Å². The highest BCUT2D eigenvalue weighted by molar-refractivity contribution is 4.75. The van der Waals surface area contributed by atoms with Crippen molar-refractivity contribution in [2.45, 2.75) is 33.0 Å². The first-order valence-electron chi connectivity index (χ1n) is 12.4. The topological polar surface area (TPSA) is 92.3 Å². The zero-order valence-electron chi connectivity index (χ0n) is 23.2. The van der Waals surface area contributed by atoms with Gasteiger partial charge in [-0.05, 0) is 5.41 Å². The van der Waals surface area contributed by atoms with E-state index in [1.807, 2.05) is 0 Å². The smallest absolute Gasteiger partial charge is 0.104 e. The maximum atomic E-state index is 6.24. The van der Waals surface area contributed by atoms with Gasteiger partial charge in [0.15, 0.2) is 0 Å². The first kappa shape index (κ1) is 34.6. The van der Waals surface area contributed by atoms with Crippen LogP contribution in [0.4, 0.5) is 0 Å². The molecule has 0 aliphatic rings. The van der Waals surface area contributed by atoms with Crippen molar-refractivity contribution in [2.24, 2.45) is 11.3 Å². The van der Waals surface area contributed by atoms with Crippen molar-refractivity contribution < 1.29 is 47.4 Å². The minimum absolute atomic E-state index is 0.0310. The van der Waals surface area contributed by atoms with Gasteiger partial charge in [-0.2, -0.15) is 0 Å². The van der Waals surface area contributed by atoms with Crippen LogP contribution in [0, 0.1) is 11.3 Å². The molecule has 35 heavy (non-hydrogen) atoms. The Morgan fingerprint density at radius 2 is 0.714 bits per heavy atom. The Labute approximate surface area is 213 Å². The first-order valence-corrected chi connectivity index (χ1v) is 12.4. The maximum Gasteiger partial charge on any atom is 0.104 e. The number of methoxy groups -OCH3 is 4. The lowest BCUT2D eigenvalue weighted by molar-refractivity contribution is -0.115. The summed E-state index contributed by atoms with van der Waals surface area (Å²) in [6.07, 6.45) is -0.391. The third kappa shape index (κ3) is 21.4. The Kier molecular flexibility index (Phi) is 23.7. The van der Waals surface area contributed by atoms with Crippen LogP contribution in [-0.4, -0.2) is 133 Å². The lowest BCUT2D eigenvalue weighted by atomic mass is 9.82. The second-order valence-electron chi connectivity index (χ2n) is 9.24. The molecule has 0 bridgehead atoms. The summed E-state index contributed by atoms with van der Waals surface area (Å²) in [6, 6.07) is 0. The number of ether oxygens (including phenoxy) is 10. The highest BCUT2D eigenvalue weighted by Gasteiger charge is 2.28. The zero-order valence-corrected chi connectivity index (χ0v) is 23.2. The molecule has 0 saturated carbocycles. The molecule has 0 heterocycles. The first-order chi connectivity index (χ1) is 16.9. The average molecular weight is 513 g/mol. The normalized spacial score (nSPS) is 12.5. The molecule has 0 rings (SSSR count). The third-order valence-corrected chi connectivity index (χ3v) is 5.23. The van der Waals surface area contributed by atoms with Gasteiger partial charge in [-0.1, -0.05) is 20.8 Å². The summed E-state index contributed by atoms with van der Waals surface area (Å²) in [5.41, 5.74) is -0.0310. The van der Waals surface area contributed by atoms with Crippen LogP contribution in [-0.2, 0) is 47.4 Å². The highest BCUT2D eigenvalue weighted by atomic mass is 16.6. The van der Waals surface area contributed by atoms with Crippen molar-refractivity contribution in [3.8, 4) is 0 Å². The summed E-state index contributed by atoms with van der Waals surface area (Å²) in [4.78, 5) is 0. The van der Waals surface area contributed by atoms with Gasteiger partial charge >= 0.3 is 0 Å². The standard InChI is InChI=1S/C25H52O10/c1-25(2,3)22(16-34-23(18-30-12-8-26-4)19-31-13-9-27-5)17-35-24(20-32-14-10-28-6)21-33-15-11-29-7/h22-24H,8-21H2,1-7H3. The number of rotatable bonds is 26. The molecule has 0 aliphatic carbocycles. The summed E-state index contributed by atoms with van der Waals surface area (Å²) in [6.45, 7) is 13.5. The molecule has 0 fully saturated rings. The Hall–Kier alpha value is -0.400. The molecule has 0 saturated heterocycles. The molecule has 0 aromatic heterocycles. The van der Waals surface area contributed by atoms with E-state index in [-0.39, 0.29) is 23.5 Å². The molecule has 0 aliphatic heterocycles. The van der Waals surface area contributed by atoms with Gasteiger partial charge in [0.25, 0.3) is 0 Å². The summed E-state index contributed by atoms with van der Waals surface area (Å²) in [5, 5.41) is 0. The molecule has 0 amide bonds. The Morgan fingerprint density at radius 1 is 0.429 bits per heavy atom. The summed E-state index contributed by atoms with van der Waals surface area (Å²) >= 11 is 0. The number of hydrogen-bond acceptors (Lipinski definition) is 10. The van der Waals surface area contributed by atoms with Crippen LogP contribution in [0.2, 0.25) is 0 Å². The highest BCUT2D eigenvalue weighted by Crippen LogP contribution is 2.27. The van der Waals surface area contributed by atoms with Gasteiger partial charge in [0, 0.05) is 34.4 Å². The average Bonchev–Trinajstić information content (AvgIpc) is 2.82. The van der Waals surface area contributed by atoms with Crippen LogP contribution in [0.5, 0.6) is 0 Å². The minimum atomic E-state index is -0.195. The largest absolute Gasteiger partial charge is 0.382 e. The quantitative estimate of drug-likeness (QED) is 0.160. The molecule has 10 heteroatoms. The molecule has 0 unspecified atom stereocenters. The zero-order chi connectivity index (χ0) is 26.2. The van der Waals surface area contributed by atoms with E-state index in [2.05, 4.69) is 20.8 Å². The summed E-state index contributed by atoms with van der Waals surface area (Å²) in [7, 11) is 6.60. The van der Waals surface area contributed by atoms with Gasteiger partial charge in [-0.3, -0.25) is 0 Å². The van der Waals surface area contributed by atoms with Crippen molar-refractivity contribution in [3.63, 3.8) is 0 Å². The fraction of sp³-hybridized carbons (Fsp3) is 1.00. The predicted molar refractivity (Wildman–Crippen MR) is 133 cm³/mol. The Balaban J connectivity index is 4.83. The van der Waals surface area contributed by atoms with Gasteiger partial charge in [0.1, 0.15) is 12.2 Å². The molecular formula is C25H52O10. The van der Waals surface area contributed by atoms with Crippen LogP contribution < -0.4 is 0 Å². The molecule has 0 aromatic rings. The van der Waals surface area contributed by atoms with E-state index in [0.717, 1.165) is 0 Å². The molecule has 10 nitrogen and oxygen atoms in total. The van der Waals surface area contributed by atoms with Gasteiger partial charge in [-0.15, -0.1) is 0 Å². The molecule has 0 aromatic carbocycles. The molecule has 0 spiro atoms. The van der Waals surface area contributed by atoms with Crippen LogP contribution in [0.15, 0.2) is 0 Å². The molecular weight excluding hydrogens is 460 g/mol. The van der Waals surface area contributed by atoms with E-state index < -0.39 is 0 Å². The lowest BCUT2D eigenvalue weighted by Crippen LogP contribution is -2.37. The second kappa shape index (κ2) is 24.0. The summed E-state index contributed by atoms with van der Waals surface area (Å²) < 4.78 is 55.5. The van der Waals surface area contributed by atoms with Gasteiger partial charge in [0.05, 0.1) is 92.5 Å². The third-order valence-electron chi connectivity index (χ3n) is 5.23. The maximum absolute atomic E-state index is 6.24. The summed E-state index contributed by atoms with van der Waals surface area (Å²) in [5.74, 6) is 0.142. The minimum Gasteiger partial charge on any atom is -0.382 e. The van der Waals surface area contributed by atoms with Gasteiger partial charge in [-0.25, -0.2) is 0 Å². The van der Waals surface area contributed by atoms with Gasteiger partial charge in [0.2, 0.25) is 0 Å². The Morgan fingerprint density at radius 3 is 0.943 bits per heavy atom. The van der Waals surface area contributed by atoms with E-state index in [0.29, 0.717) is 92.5 Å².